The van der Waals surface area contributed by atoms with E-state index >= 15 is 0 Å². The largest absolute Gasteiger partial charge is 0.381 e. The Labute approximate surface area is 72.2 Å². The first kappa shape index (κ1) is 9.01. The molecular weight excluding hydrogens is 154 g/mol. The molecule has 0 radical (unpaired) electrons. The van der Waals surface area contributed by atoms with Crippen molar-refractivity contribution in [2.75, 3.05) is 19.8 Å². The van der Waals surface area contributed by atoms with Crippen LogP contribution in [-0.2, 0) is 4.74 Å². The SMILES string of the molecule is CC(=NCC1CCOC1)NC#N. The van der Waals surface area contributed by atoms with Gasteiger partial charge < -0.3 is 4.74 Å². The van der Waals surface area contributed by atoms with E-state index < -0.39 is 0 Å². The Balaban J connectivity index is 2.23. The highest BCUT2D eigenvalue weighted by Gasteiger charge is 2.14. The third-order valence-electron chi connectivity index (χ3n) is 1.85. The molecule has 0 spiro atoms. The van der Waals surface area contributed by atoms with Crippen LogP contribution in [0.2, 0.25) is 0 Å². The van der Waals surface area contributed by atoms with Crippen LogP contribution in [0.5, 0.6) is 0 Å². The van der Waals surface area contributed by atoms with Gasteiger partial charge in [0.25, 0.3) is 0 Å². The Morgan fingerprint density at radius 1 is 1.83 bits per heavy atom. The predicted molar refractivity (Wildman–Crippen MR) is 45.7 cm³/mol. The first-order chi connectivity index (χ1) is 5.83. The molecule has 1 N–H and O–H groups in total. The Hall–Kier alpha value is -1.08. The molecule has 0 aromatic rings. The van der Waals surface area contributed by atoms with Gasteiger partial charge in [-0.2, -0.15) is 5.26 Å². The molecule has 66 valence electrons. The van der Waals surface area contributed by atoms with Crippen LogP contribution in [0.1, 0.15) is 13.3 Å². The lowest BCUT2D eigenvalue weighted by Crippen LogP contribution is -2.15. The molecular formula is C8H13N3O. The minimum Gasteiger partial charge on any atom is -0.381 e. The lowest BCUT2D eigenvalue weighted by atomic mass is 10.1. The summed E-state index contributed by atoms with van der Waals surface area (Å²) in [5, 5.41) is 10.7. The second kappa shape index (κ2) is 4.73. The summed E-state index contributed by atoms with van der Waals surface area (Å²) in [5.41, 5.74) is 0. The average molecular weight is 167 g/mol. The van der Waals surface area contributed by atoms with Crippen LogP contribution in [0.3, 0.4) is 0 Å². The highest BCUT2D eigenvalue weighted by Crippen LogP contribution is 2.11. The van der Waals surface area contributed by atoms with Crippen LogP contribution in [-0.4, -0.2) is 25.6 Å². The van der Waals surface area contributed by atoms with Gasteiger partial charge in [-0.25, -0.2) is 0 Å². The van der Waals surface area contributed by atoms with E-state index in [1.54, 1.807) is 6.92 Å². The standard InChI is InChI=1S/C8H13N3O/c1-7(11-6-9)10-4-8-2-3-12-5-8/h8H,2-5H2,1H3,(H,10,11). The van der Waals surface area contributed by atoms with Crippen LogP contribution < -0.4 is 5.32 Å². The third kappa shape index (κ3) is 2.89. The van der Waals surface area contributed by atoms with E-state index in [9.17, 15) is 0 Å². The van der Waals surface area contributed by atoms with E-state index in [0.717, 1.165) is 26.2 Å². The minimum absolute atomic E-state index is 0.542. The van der Waals surface area contributed by atoms with E-state index in [2.05, 4.69) is 10.3 Å². The number of nitrogens with zero attached hydrogens (tertiary/aromatic N) is 2. The maximum Gasteiger partial charge on any atom is 0.182 e. The number of aliphatic imine (C=N–C) groups is 1. The zero-order valence-corrected chi connectivity index (χ0v) is 7.21. The van der Waals surface area contributed by atoms with Crippen molar-refractivity contribution >= 4 is 5.84 Å². The van der Waals surface area contributed by atoms with Crippen LogP contribution >= 0.6 is 0 Å². The van der Waals surface area contributed by atoms with Crippen LogP contribution in [0.25, 0.3) is 0 Å². The van der Waals surface area contributed by atoms with Gasteiger partial charge in [0, 0.05) is 19.1 Å². The third-order valence-corrected chi connectivity index (χ3v) is 1.85. The summed E-state index contributed by atoms with van der Waals surface area (Å²) in [7, 11) is 0. The molecule has 0 aromatic heterocycles. The van der Waals surface area contributed by atoms with E-state index in [1.807, 2.05) is 6.19 Å². The zero-order chi connectivity index (χ0) is 8.81. The van der Waals surface area contributed by atoms with Gasteiger partial charge in [-0.15, -0.1) is 0 Å². The lowest BCUT2D eigenvalue weighted by Gasteiger charge is -2.02. The van der Waals surface area contributed by atoms with Crippen molar-refractivity contribution < 1.29 is 4.74 Å². The molecule has 1 heterocycles. The number of hydrogen-bond donors (Lipinski definition) is 1. The van der Waals surface area contributed by atoms with Gasteiger partial charge in [0.05, 0.1) is 6.61 Å². The highest BCUT2D eigenvalue weighted by atomic mass is 16.5. The molecule has 1 unspecified atom stereocenters. The van der Waals surface area contributed by atoms with Crippen molar-refractivity contribution in [3.63, 3.8) is 0 Å². The number of ether oxygens (including phenoxy) is 1. The Morgan fingerprint density at radius 3 is 3.25 bits per heavy atom. The van der Waals surface area contributed by atoms with Gasteiger partial charge in [-0.05, 0) is 13.3 Å². The fourth-order valence-corrected chi connectivity index (χ4v) is 1.11. The normalized spacial score (nSPS) is 23.7. The molecule has 1 aliphatic rings. The summed E-state index contributed by atoms with van der Waals surface area (Å²) in [4.78, 5) is 4.20. The van der Waals surface area contributed by atoms with Crippen molar-refractivity contribution in [2.24, 2.45) is 10.9 Å². The van der Waals surface area contributed by atoms with Crippen LogP contribution in [0.4, 0.5) is 0 Å². The molecule has 1 saturated heterocycles. The van der Waals surface area contributed by atoms with Gasteiger partial charge in [0.1, 0.15) is 5.84 Å². The molecule has 0 bridgehead atoms. The Bertz CT molecular complexity index is 201. The molecule has 4 nitrogen and oxygen atoms in total. The average Bonchev–Trinajstić information content (AvgIpc) is 2.53. The summed E-state index contributed by atoms with van der Waals surface area (Å²) < 4.78 is 5.19. The summed E-state index contributed by atoms with van der Waals surface area (Å²) in [5.74, 6) is 1.23. The first-order valence-electron chi connectivity index (χ1n) is 4.07. The number of amidine groups is 1. The number of nitriles is 1. The van der Waals surface area contributed by atoms with E-state index in [0.29, 0.717) is 11.8 Å². The van der Waals surface area contributed by atoms with Crippen LogP contribution in [0, 0.1) is 17.4 Å². The monoisotopic (exact) mass is 167 g/mol. The molecule has 1 fully saturated rings. The number of hydrogen-bond acceptors (Lipinski definition) is 3. The predicted octanol–water partition coefficient (Wildman–Crippen LogP) is 0.512. The van der Waals surface area contributed by atoms with Crippen LogP contribution in [0.15, 0.2) is 4.99 Å². The number of rotatable bonds is 2. The highest BCUT2D eigenvalue weighted by molar-refractivity contribution is 5.80. The van der Waals surface area contributed by atoms with Gasteiger partial charge in [-0.3, -0.25) is 10.3 Å². The van der Waals surface area contributed by atoms with Gasteiger partial charge >= 0.3 is 0 Å². The fraction of sp³-hybridized carbons (Fsp3) is 0.750. The van der Waals surface area contributed by atoms with E-state index in [4.69, 9.17) is 10.00 Å². The molecule has 1 atom stereocenters. The molecule has 0 aromatic carbocycles. The van der Waals surface area contributed by atoms with Crippen molar-refractivity contribution in [2.45, 2.75) is 13.3 Å². The lowest BCUT2D eigenvalue weighted by molar-refractivity contribution is 0.187. The summed E-state index contributed by atoms with van der Waals surface area (Å²) in [6.45, 7) is 4.22. The van der Waals surface area contributed by atoms with Gasteiger partial charge in [-0.1, -0.05) is 0 Å². The number of nitrogens with one attached hydrogen (secondary N) is 1. The van der Waals surface area contributed by atoms with Crippen molar-refractivity contribution in [3.8, 4) is 6.19 Å². The first-order valence-corrected chi connectivity index (χ1v) is 4.07. The van der Waals surface area contributed by atoms with E-state index in [1.165, 1.54) is 0 Å². The molecule has 1 aliphatic heterocycles. The second-order valence-electron chi connectivity index (χ2n) is 2.89. The molecule has 0 saturated carbocycles. The summed E-state index contributed by atoms with van der Waals surface area (Å²) in [6.07, 6.45) is 2.92. The molecule has 4 heteroatoms. The maximum atomic E-state index is 8.26. The quantitative estimate of drug-likeness (QED) is 0.282. The summed E-state index contributed by atoms with van der Waals surface area (Å²) in [6, 6.07) is 0. The van der Waals surface area contributed by atoms with Crippen molar-refractivity contribution in [1.82, 2.24) is 5.32 Å². The fourth-order valence-electron chi connectivity index (χ4n) is 1.11. The topological polar surface area (TPSA) is 57.4 Å². The van der Waals surface area contributed by atoms with Gasteiger partial charge in [0.15, 0.2) is 6.19 Å². The molecule has 12 heavy (non-hydrogen) atoms. The zero-order valence-electron chi connectivity index (χ0n) is 7.21. The Kier molecular flexibility index (Phi) is 3.55. The summed E-state index contributed by atoms with van der Waals surface area (Å²) >= 11 is 0. The molecule has 1 rings (SSSR count). The van der Waals surface area contributed by atoms with Gasteiger partial charge in [0.2, 0.25) is 0 Å². The maximum absolute atomic E-state index is 8.26. The smallest absolute Gasteiger partial charge is 0.182 e. The molecule has 0 amide bonds. The Morgan fingerprint density at radius 2 is 2.67 bits per heavy atom. The molecule has 0 aliphatic carbocycles. The second-order valence-corrected chi connectivity index (χ2v) is 2.89. The van der Waals surface area contributed by atoms with Crippen molar-refractivity contribution in [3.05, 3.63) is 0 Å². The van der Waals surface area contributed by atoms with Crippen molar-refractivity contribution in [1.29, 1.82) is 5.26 Å². The van der Waals surface area contributed by atoms with E-state index in [-0.39, 0.29) is 0 Å². The minimum atomic E-state index is 0.542.